The molecule has 2 heterocycles. The van der Waals surface area contributed by atoms with Crippen molar-refractivity contribution in [3.63, 3.8) is 0 Å². The van der Waals surface area contributed by atoms with Gasteiger partial charge in [0.05, 0.1) is 0 Å². The normalized spacial score (nSPS) is 36.8. The van der Waals surface area contributed by atoms with Crippen LogP contribution in [0.1, 0.15) is 23.1 Å². The standard InChI is InChI=1S/C20H21NO3.ClH/c1-3-4-11-9-12-10-14-13-5-6-15(22)19-20(13,7-8-21(14)2)16(12)18(24-19)17(11)23;/h1,5-6,9,13-15,19,22-23H,4,7-8,10H2,2H3;1H/t13-,14+,15-,19-,20-;/m0./s1. The van der Waals surface area contributed by atoms with Gasteiger partial charge in [-0.05, 0) is 32.0 Å². The number of rotatable bonds is 1. The van der Waals surface area contributed by atoms with Crippen molar-refractivity contribution in [2.45, 2.75) is 42.9 Å². The Kier molecular flexibility index (Phi) is 3.63. The summed E-state index contributed by atoms with van der Waals surface area (Å²) in [5, 5.41) is 21.3. The Morgan fingerprint density at radius 2 is 2.24 bits per heavy atom. The highest BCUT2D eigenvalue weighted by atomic mass is 35.5. The van der Waals surface area contributed by atoms with E-state index in [-0.39, 0.29) is 29.7 Å². The molecule has 0 amide bonds. The molecule has 5 heteroatoms. The molecule has 25 heavy (non-hydrogen) atoms. The van der Waals surface area contributed by atoms with Crippen molar-refractivity contribution in [2.75, 3.05) is 13.6 Å². The lowest BCUT2D eigenvalue weighted by molar-refractivity contribution is -0.0453. The summed E-state index contributed by atoms with van der Waals surface area (Å²) in [4.78, 5) is 2.42. The van der Waals surface area contributed by atoms with Gasteiger partial charge < -0.3 is 19.8 Å². The minimum atomic E-state index is -0.640. The van der Waals surface area contributed by atoms with Crippen LogP contribution in [0.5, 0.6) is 11.5 Å². The van der Waals surface area contributed by atoms with Gasteiger partial charge in [-0.1, -0.05) is 18.2 Å². The first kappa shape index (κ1) is 16.8. The third kappa shape index (κ3) is 1.87. The molecule has 1 aromatic rings. The monoisotopic (exact) mass is 359 g/mol. The van der Waals surface area contributed by atoms with Crippen LogP contribution in [0, 0.1) is 18.3 Å². The second-order valence-electron chi connectivity index (χ2n) is 7.61. The number of terminal acetylenes is 1. The van der Waals surface area contributed by atoms with Crippen LogP contribution in [0.2, 0.25) is 0 Å². The molecule has 0 saturated carbocycles. The molecule has 2 bridgehead atoms. The van der Waals surface area contributed by atoms with Gasteiger partial charge >= 0.3 is 0 Å². The van der Waals surface area contributed by atoms with E-state index < -0.39 is 6.10 Å². The number of phenols is 1. The van der Waals surface area contributed by atoms with Crippen molar-refractivity contribution in [1.82, 2.24) is 4.90 Å². The third-order valence-electron chi connectivity index (χ3n) is 6.63. The van der Waals surface area contributed by atoms with Crippen molar-refractivity contribution in [3.8, 4) is 23.8 Å². The smallest absolute Gasteiger partial charge is 0.166 e. The minimum absolute atomic E-state index is 0. The van der Waals surface area contributed by atoms with Crippen LogP contribution in [-0.2, 0) is 18.3 Å². The Morgan fingerprint density at radius 1 is 1.44 bits per heavy atom. The molecule has 4 aliphatic rings. The fourth-order valence-corrected chi connectivity index (χ4v) is 5.62. The molecule has 1 aromatic carbocycles. The molecule has 2 N–H and O–H groups in total. The number of hydrogen-bond donors (Lipinski definition) is 2. The van der Waals surface area contributed by atoms with Gasteiger partial charge in [0.25, 0.3) is 0 Å². The van der Waals surface area contributed by atoms with Gasteiger partial charge in [-0.15, -0.1) is 24.8 Å². The van der Waals surface area contributed by atoms with Gasteiger partial charge in [0.15, 0.2) is 11.5 Å². The highest BCUT2D eigenvalue weighted by molar-refractivity contribution is 5.85. The Hall–Kier alpha value is -1.67. The first-order valence-electron chi connectivity index (χ1n) is 8.63. The number of aliphatic hydroxyl groups excluding tert-OH is 1. The maximum atomic E-state index is 10.7. The molecule has 1 saturated heterocycles. The molecule has 5 rings (SSSR count). The second kappa shape index (κ2) is 5.41. The van der Waals surface area contributed by atoms with E-state index in [1.54, 1.807) is 0 Å². The predicted molar refractivity (Wildman–Crippen MR) is 97.4 cm³/mol. The molecule has 5 atom stereocenters. The number of aliphatic hydroxyl groups is 1. The number of aromatic hydroxyl groups is 1. The van der Waals surface area contributed by atoms with E-state index in [0.29, 0.717) is 24.1 Å². The maximum absolute atomic E-state index is 10.7. The number of nitrogens with zero attached hydrogens (tertiary/aromatic N) is 1. The minimum Gasteiger partial charge on any atom is -0.504 e. The summed E-state index contributed by atoms with van der Waals surface area (Å²) in [6.45, 7) is 0.979. The number of hydrogen-bond acceptors (Lipinski definition) is 4. The van der Waals surface area contributed by atoms with Gasteiger partial charge in [-0.25, -0.2) is 0 Å². The summed E-state index contributed by atoms with van der Waals surface area (Å²) >= 11 is 0. The topological polar surface area (TPSA) is 52.9 Å². The summed E-state index contributed by atoms with van der Waals surface area (Å²) in [5.74, 6) is 3.67. The first-order valence-corrected chi connectivity index (χ1v) is 8.63. The zero-order valence-corrected chi connectivity index (χ0v) is 14.9. The lowest BCUT2D eigenvalue weighted by Crippen LogP contribution is -2.64. The van der Waals surface area contributed by atoms with E-state index in [1.807, 2.05) is 6.08 Å². The van der Waals surface area contributed by atoms with Crippen molar-refractivity contribution >= 4 is 12.4 Å². The summed E-state index contributed by atoms with van der Waals surface area (Å²) < 4.78 is 6.21. The third-order valence-corrected chi connectivity index (χ3v) is 6.63. The zero-order valence-electron chi connectivity index (χ0n) is 14.1. The summed E-state index contributed by atoms with van der Waals surface area (Å²) in [6.07, 6.45) is 10.8. The number of likely N-dealkylation sites (tertiary alicyclic amines) is 1. The molecule has 132 valence electrons. The van der Waals surface area contributed by atoms with Gasteiger partial charge in [-0.3, -0.25) is 0 Å². The number of likely N-dealkylation sites (N-methyl/N-ethyl adjacent to an activating group) is 1. The van der Waals surface area contributed by atoms with E-state index >= 15 is 0 Å². The average Bonchev–Trinajstić information content (AvgIpc) is 2.92. The maximum Gasteiger partial charge on any atom is 0.166 e. The van der Waals surface area contributed by atoms with E-state index in [1.165, 1.54) is 5.56 Å². The highest BCUT2D eigenvalue weighted by Crippen LogP contribution is 2.62. The molecule has 2 aliphatic heterocycles. The van der Waals surface area contributed by atoms with Crippen LogP contribution in [0.3, 0.4) is 0 Å². The number of piperidine rings is 1. The number of benzene rings is 1. The zero-order chi connectivity index (χ0) is 16.6. The lowest BCUT2D eigenvalue weighted by Gasteiger charge is -2.56. The van der Waals surface area contributed by atoms with Gasteiger partial charge in [0, 0.05) is 34.9 Å². The van der Waals surface area contributed by atoms with Crippen molar-refractivity contribution in [2.24, 2.45) is 5.92 Å². The van der Waals surface area contributed by atoms with Crippen LogP contribution in [0.4, 0.5) is 0 Å². The molecule has 4 nitrogen and oxygen atoms in total. The average molecular weight is 360 g/mol. The molecule has 0 radical (unpaired) electrons. The number of phenolic OH excluding ortho intramolecular Hbond substituents is 1. The Balaban J connectivity index is 0.00000157. The fraction of sp³-hybridized carbons (Fsp3) is 0.500. The van der Waals surface area contributed by atoms with Crippen LogP contribution in [0.15, 0.2) is 18.2 Å². The van der Waals surface area contributed by atoms with Crippen LogP contribution >= 0.6 is 12.4 Å². The Morgan fingerprint density at radius 3 is 3.00 bits per heavy atom. The molecule has 1 fully saturated rings. The largest absolute Gasteiger partial charge is 0.504 e. The van der Waals surface area contributed by atoms with Crippen LogP contribution in [0.25, 0.3) is 0 Å². The van der Waals surface area contributed by atoms with Crippen molar-refractivity contribution in [3.05, 3.63) is 34.9 Å². The van der Waals surface area contributed by atoms with E-state index in [9.17, 15) is 10.2 Å². The fourth-order valence-electron chi connectivity index (χ4n) is 5.62. The van der Waals surface area contributed by atoms with Crippen LogP contribution < -0.4 is 4.74 Å². The lowest BCUT2D eigenvalue weighted by atomic mass is 9.53. The molecule has 2 aliphatic carbocycles. The summed E-state index contributed by atoms with van der Waals surface area (Å²) in [5.41, 5.74) is 2.89. The Labute approximate surface area is 153 Å². The number of ether oxygens (including phenoxy) is 1. The SMILES string of the molecule is C#CCc1cc2c3c(c1O)O[C@H]1[C@@H](O)C=C[C@H]4[C@@H](C2)N(C)CC[C@@]341.Cl. The van der Waals surface area contributed by atoms with Crippen molar-refractivity contribution < 1.29 is 14.9 Å². The summed E-state index contributed by atoms with van der Waals surface area (Å²) in [7, 11) is 2.18. The summed E-state index contributed by atoms with van der Waals surface area (Å²) in [6, 6.07) is 2.46. The number of halogens is 1. The first-order chi connectivity index (χ1) is 11.6. The Bertz CT molecular complexity index is 814. The molecule has 0 aromatic heterocycles. The van der Waals surface area contributed by atoms with Gasteiger partial charge in [0.1, 0.15) is 12.2 Å². The molecule has 1 spiro atoms. The van der Waals surface area contributed by atoms with E-state index in [2.05, 4.69) is 30.0 Å². The van der Waals surface area contributed by atoms with Crippen LogP contribution in [-0.4, -0.2) is 47.0 Å². The molecular formula is C20H22ClNO3. The predicted octanol–water partition coefficient (Wildman–Crippen LogP) is 1.80. The van der Waals surface area contributed by atoms with Gasteiger partial charge in [0.2, 0.25) is 0 Å². The quantitative estimate of drug-likeness (QED) is 0.593. The van der Waals surface area contributed by atoms with E-state index in [4.69, 9.17) is 11.2 Å². The van der Waals surface area contributed by atoms with Crippen molar-refractivity contribution in [1.29, 1.82) is 0 Å². The van der Waals surface area contributed by atoms with Gasteiger partial charge in [-0.2, -0.15) is 0 Å². The van der Waals surface area contributed by atoms with E-state index in [0.717, 1.165) is 30.5 Å². The molecular weight excluding hydrogens is 338 g/mol. The molecule has 0 unspecified atom stereocenters. The highest BCUT2D eigenvalue weighted by Gasteiger charge is 2.64. The second-order valence-corrected chi connectivity index (χ2v) is 7.61.